The Morgan fingerprint density at radius 3 is 2.57 bits per heavy atom. The normalized spacial score (nSPS) is 13.9. The fraction of sp³-hybridized carbons (Fsp3) is 0.167. The number of nitrogens with zero attached hydrogens (tertiary/aromatic N) is 5. The Hall–Kier alpha value is -3.15. The van der Waals surface area contributed by atoms with E-state index in [4.69, 9.17) is 33.2 Å². The van der Waals surface area contributed by atoms with Crippen LogP contribution in [0.2, 0.25) is 10.0 Å². The van der Waals surface area contributed by atoms with Gasteiger partial charge in [0.25, 0.3) is 0 Å². The lowest BCUT2D eigenvalue weighted by molar-refractivity contribution is 0.248. The molecule has 0 aliphatic carbocycles. The highest BCUT2D eigenvalue weighted by Gasteiger charge is 2.26. The van der Waals surface area contributed by atoms with Crippen LogP contribution >= 0.6 is 23.2 Å². The lowest BCUT2D eigenvalue weighted by atomic mass is 10.1. The van der Waals surface area contributed by atoms with E-state index in [0.29, 0.717) is 0 Å². The van der Waals surface area contributed by atoms with Crippen molar-refractivity contribution in [2.75, 3.05) is 5.01 Å². The maximum Gasteiger partial charge on any atom is 0.347 e. The summed E-state index contributed by atoms with van der Waals surface area (Å²) in [4.78, 5) is 12.2. The molecule has 3 rings (SSSR count). The summed E-state index contributed by atoms with van der Waals surface area (Å²) < 4.78 is 5.70. The van der Waals surface area contributed by atoms with Crippen molar-refractivity contribution in [3.05, 3.63) is 52.3 Å². The number of carbonyl (C=O) groups excluding carboxylic acids is 1. The fourth-order valence-corrected chi connectivity index (χ4v) is 2.86. The number of hydrogen-bond acceptors (Lipinski definition) is 6. The van der Waals surface area contributed by atoms with Crippen molar-refractivity contribution in [1.82, 2.24) is 15.5 Å². The summed E-state index contributed by atoms with van der Waals surface area (Å²) >= 11 is 12.6. The van der Waals surface area contributed by atoms with Crippen LogP contribution in [0.4, 0.5) is 10.5 Å². The van der Waals surface area contributed by atoms with Gasteiger partial charge in [-0.25, -0.2) is 4.79 Å². The number of nitriles is 1. The third-order valence-electron chi connectivity index (χ3n) is 3.80. The first-order valence-electron chi connectivity index (χ1n) is 8.08. The Kier molecular flexibility index (Phi) is 5.49. The van der Waals surface area contributed by atoms with Gasteiger partial charge >= 0.3 is 6.03 Å². The number of anilines is 1. The van der Waals surface area contributed by atoms with Crippen molar-refractivity contribution < 1.29 is 9.53 Å². The van der Waals surface area contributed by atoms with Gasteiger partial charge < -0.3 is 10.1 Å². The number of amides is 2. The third kappa shape index (κ3) is 3.91. The van der Waals surface area contributed by atoms with Crippen LogP contribution in [-0.4, -0.2) is 21.9 Å². The number of urea groups is 1. The number of allylic oxidation sites excluding steroid dienone is 1. The number of halogens is 2. The molecule has 2 heterocycles. The summed E-state index contributed by atoms with van der Waals surface area (Å²) in [6.07, 6.45) is 1.65. The molecule has 1 aliphatic heterocycles. The second kappa shape index (κ2) is 7.84. The first-order chi connectivity index (χ1) is 13.3. The predicted molar refractivity (Wildman–Crippen MR) is 106 cm³/mol. The summed E-state index contributed by atoms with van der Waals surface area (Å²) in [7, 11) is 0. The van der Waals surface area contributed by atoms with Gasteiger partial charge in [0, 0.05) is 6.07 Å². The maximum atomic E-state index is 12.2. The molecular weight excluding hydrogens is 403 g/mol. The Morgan fingerprint density at radius 1 is 1.29 bits per heavy atom. The second-order valence-corrected chi connectivity index (χ2v) is 6.92. The lowest BCUT2D eigenvalue weighted by Crippen LogP contribution is -2.42. The minimum Gasteiger partial charge on any atom is -0.434 e. The maximum absolute atomic E-state index is 12.2. The largest absolute Gasteiger partial charge is 0.434 e. The number of ether oxygens (including phenoxy) is 1. The zero-order chi connectivity index (χ0) is 20.4. The van der Waals surface area contributed by atoms with E-state index < -0.39 is 6.03 Å². The highest BCUT2D eigenvalue weighted by molar-refractivity contribution is 6.37. The molecule has 0 fully saturated rings. The van der Waals surface area contributed by atoms with Gasteiger partial charge in [-0.1, -0.05) is 43.6 Å². The van der Waals surface area contributed by atoms with Gasteiger partial charge in [-0.3, -0.25) is 0 Å². The molecule has 1 aliphatic rings. The van der Waals surface area contributed by atoms with E-state index in [1.807, 2.05) is 19.9 Å². The molecule has 1 aromatic carbocycles. The van der Waals surface area contributed by atoms with Crippen LogP contribution in [0.3, 0.4) is 0 Å². The predicted octanol–water partition coefficient (Wildman–Crippen LogP) is 4.62. The summed E-state index contributed by atoms with van der Waals surface area (Å²) in [6.45, 7) is 7.60. The molecule has 2 aromatic rings. The summed E-state index contributed by atoms with van der Waals surface area (Å²) in [5.41, 5.74) is 1.28. The standard InChI is InChI=1S/C18H14Cl2N6O2/c1-9(2)11-4-16(24-22-8-11)28-17-13(19)5-12(6-14(17)20)26-18(27)23-10(3)15(7-21)25-26/h4-6,8-9H,3H2,1-2H3,(H,23,27). The highest BCUT2D eigenvalue weighted by atomic mass is 35.5. The molecule has 0 saturated carbocycles. The van der Waals surface area contributed by atoms with Crippen molar-refractivity contribution >= 4 is 40.6 Å². The zero-order valence-corrected chi connectivity index (χ0v) is 16.4. The van der Waals surface area contributed by atoms with Crippen molar-refractivity contribution in [2.24, 2.45) is 5.10 Å². The van der Waals surface area contributed by atoms with Crippen LogP contribution in [0, 0.1) is 11.3 Å². The van der Waals surface area contributed by atoms with E-state index in [1.54, 1.807) is 12.3 Å². The van der Waals surface area contributed by atoms with E-state index >= 15 is 0 Å². The van der Waals surface area contributed by atoms with Gasteiger partial charge in [-0.2, -0.15) is 20.5 Å². The number of rotatable bonds is 4. The molecule has 0 atom stereocenters. The molecule has 0 unspecified atom stereocenters. The molecule has 8 nitrogen and oxygen atoms in total. The smallest absolute Gasteiger partial charge is 0.347 e. The topological polar surface area (TPSA) is 104 Å². The van der Waals surface area contributed by atoms with Crippen LogP contribution in [0.15, 0.2) is 41.8 Å². The van der Waals surface area contributed by atoms with Crippen molar-refractivity contribution in [1.29, 1.82) is 5.26 Å². The monoisotopic (exact) mass is 416 g/mol. The van der Waals surface area contributed by atoms with Crippen LogP contribution in [0.1, 0.15) is 25.3 Å². The fourth-order valence-electron chi connectivity index (χ4n) is 2.31. The first-order valence-corrected chi connectivity index (χ1v) is 8.84. The number of aromatic nitrogens is 2. The Morgan fingerprint density at radius 2 is 1.96 bits per heavy atom. The highest BCUT2D eigenvalue weighted by Crippen LogP contribution is 2.40. The quantitative estimate of drug-likeness (QED) is 0.782. The second-order valence-electron chi connectivity index (χ2n) is 6.10. The summed E-state index contributed by atoms with van der Waals surface area (Å²) in [5, 5.41) is 24.5. The lowest BCUT2D eigenvalue weighted by Gasteiger charge is -2.24. The van der Waals surface area contributed by atoms with Gasteiger partial charge in [0.2, 0.25) is 5.88 Å². The SMILES string of the molecule is C=C1NC(=O)N(c2cc(Cl)c(Oc3cc(C(C)C)cnn3)c(Cl)c2)N=C1C#N. The summed E-state index contributed by atoms with van der Waals surface area (Å²) in [5.74, 6) is 0.638. The van der Waals surface area contributed by atoms with E-state index in [2.05, 4.69) is 27.2 Å². The summed E-state index contributed by atoms with van der Waals surface area (Å²) in [6, 6.07) is 5.87. The average molecular weight is 417 g/mol. The number of hydrazone groups is 1. The minimum atomic E-state index is -0.597. The number of benzene rings is 1. The van der Waals surface area contributed by atoms with Crippen LogP contribution in [0.25, 0.3) is 0 Å². The van der Waals surface area contributed by atoms with Crippen molar-refractivity contribution in [2.45, 2.75) is 19.8 Å². The molecule has 1 N–H and O–H groups in total. The molecule has 2 amide bonds. The van der Waals surface area contributed by atoms with Crippen LogP contribution in [-0.2, 0) is 0 Å². The van der Waals surface area contributed by atoms with Gasteiger partial charge in [0.15, 0.2) is 11.5 Å². The van der Waals surface area contributed by atoms with Gasteiger partial charge in [-0.05, 0) is 23.6 Å². The van der Waals surface area contributed by atoms with Gasteiger partial charge in [0.1, 0.15) is 6.07 Å². The molecule has 0 saturated heterocycles. The van der Waals surface area contributed by atoms with E-state index in [1.165, 1.54) is 12.1 Å². The van der Waals surface area contributed by atoms with Crippen molar-refractivity contribution in [3.63, 3.8) is 0 Å². The van der Waals surface area contributed by atoms with Gasteiger partial charge in [0.05, 0.1) is 27.6 Å². The van der Waals surface area contributed by atoms with Crippen molar-refractivity contribution in [3.8, 4) is 17.7 Å². The average Bonchev–Trinajstić information content (AvgIpc) is 2.65. The molecule has 0 bridgehead atoms. The number of hydrogen-bond donors (Lipinski definition) is 1. The molecule has 0 radical (unpaired) electrons. The minimum absolute atomic E-state index is 0.0343. The molecule has 0 spiro atoms. The van der Waals surface area contributed by atoms with E-state index in [9.17, 15) is 4.79 Å². The Bertz CT molecular complexity index is 1020. The Labute approximate surface area is 171 Å². The zero-order valence-electron chi connectivity index (χ0n) is 14.9. The molecular formula is C18H14Cl2N6O2. The molecule has 142 valence electrons. The first kappa shape index (κ1) is 19.6. The van der Waals surface area contributed by atoms with E-state index in [0.717, 1.165) is 10.6 Å². The molecule has 28 heavy (non-hydrogen) atoms. The molecule has 1 aromatic heterocycles. The Balaban J connectivity index is 1.95. The number of nitrogens with one attached hydrogen (secondary N) is 1. The van der Waals surface area contributed by atoms with Gasteiger partial charge in [-0.15, -0.1) is 5.10 Å². The van der Waals surface area contributed by atoms with E-state index in [-0.39, 0.29) is 44.7 Å². The third-order valence-corrected chi connectivity index (χ3v) is 4.36. The van der Waals surface area contributed by atoms with Crippen LogP contribution < -0.4 is 15.1 Å². The number of carbonyl (C=O) groups is 1. The molecule has 10 heteroatoms. The van der Waals surface area contributed by atoms with Crippen LogP contribution in [0.5, 0.6) is 11.6 Å².